The van der Waals surface area contributed by atoms with Crippen LogP contribution in [0.2, 0.25) is 0 Å². The Bertz CT molecular complexity index is 718. The van der Waals surface area contributed by atoms with Crippen LogP contribution in [0.1, 0.15) is 0 Å². The molecule has 7 heteroatoms. The van der Waals surface area contributed by atoms with Gasteiger partial charge in [0, 0.05) is 10.9 Å². The molecule has 0 bridgehead atoms. The summed E-state index contributed by atoms with van der Waals surface area (Å²) in [4.78, 5) is 22.2. The van der Waals surface area contributed by atoms with E-state index >= 15 is 0 Å². The highest BCUT2D eigenvalue weighted by atomic mass is 32.1. The maximum absolute atomic E-state index is 11.7. The molecule has 6 nitrogen and oxygen atoms in total. The fourth-order valence-corrected chi connectivity index (χ4v) is 2.81. The molecular formula is C13H11NO5S. The lowest BCUT2D eigenvalue weighted by atomic mass is 10.1. The number of fused-ring (bicyclic) bond motifs is 1. The van der Waals surface area contributed by atoms with Gasteiger partial charge in [0.1, 0.15) is 19.8 Å². The van der Waals surface area contributed by atoms with E-state index in [4.69, 9.17) is 14.6 Å². The van der Waals surface area contributed by atoms with E-state index < -0.39 is 5.97 Å². The van der Waals surface area contributed by atoms with Gasteiger partial charge in [0.2, 0.25) is 0 Å². The number of hydrogen-bond donors (Lipinski definition) is 1. The van der Waals surface area contributed by atoms with Crippen LogP contribution in [0.5, 0.6) is 11.5 Å². The highest BCUT2D eigenvalue weighted by molar-refractivity contribution is 7.07. The minimum atomic E-state index is -1.05. The third kappa shape index (κ3) is 2.27. The molecule has 2 aromatic rings. The van der Waals surface area contributed by atoms with Crippen molar-refractivity contribution < 1.29 is 19.4 Å². The van der Waals surface area contributed by atoms with Gasteiger partial charge in [-0.25, -0.2) is 0 Å². The maximum atomic E-state index is 11.7. The summed E-state index contributed by atoms with van der Waals surface area (Å²) in [5.74, 6) is 0.209. The Morgan fingerprint density at radius 1 is 1.30 bits per heavy atom. The molecule has 1 aliphatic rings. The lowest BCUT2D eigenvalue weighted by Gasteiger charge is -2.19. The van der Waals surface area contributed by atoms with E-state index in [-0.39, 0.29) is 11.4 Å². The number of aromatic nitrogens is 1. The van der Waals surface area contributed by atoms with Crippen molar-refractivity contribution >= 4 is 17.3 Å². The van der Waals surface area contributed by atoms with Crippen LogP contribution in [0.25, 0.3) is 11.3 Å². The quantitative estimate of drug-likeness (QED) is 0.926. The minimum absolute atomic E-state index is 0.294. The third-order valence-electron chi connectivity index (χ3n) is 2.91. The number of carbonyl (C=O) groups is 1. The van der Waals surface area contributed by atoms with Crippen molar-refractivity contribution in [1.29, 1.82) is 0 Å². The van der Waals surface area contributed by atoms with E-state index in [0.717, 1.165) is 16.9 Å². The summed E-state index contributed by atoms with van der Waals surface area (Å²) in [5, 5.41) is 10.5. The Hall–Kier alpha value is -2.28. The van der Waals surface area contributed by atoms with E-state index in [1.165, 1.54) is 4.57 Å². The van der Waals surface area contributed by atoms with E-state index in [9.17, 15) is 9.59 Å². The van der Waals surface area contributed by atoms with E-state index in [2.05, 4.69) is 0 Å². The summed E-state index contributed by atoms with van der Waals surface area (Å²) in [6.45, 7) is 0.628. The molecule has 1 aromatic carbocycles. The van der Waals surface area contributed by atoms with Crippen LogP contribution >= 0.6 is 11.3 Å². The van der Waals surface area contributed by atoms with E-state index in [1.807, 2.05) is 0 Å². The Morgan fingerprint density at radius 3 is 2.80 bits per heavy atom. The van der Waals surface area contributed by atoms with Gasteiger partial charge in [-0.2, -0.15) is 0 Å². The number of rotatable bonds is 3. The van der Waals surface area contributed by atoms with E-state index in [0.29, 0.717) is 30.4 Å². The molecule has 0 amide bonds. The highest BCUT2D eigenvalue weighted by Crippen LogP contribution is 2.34. The summed E-state index contributed by atoms with van der Waals surface area (Å²) in [5.41, 5.74) is 1.30. The molecule has 0 spiro atoms. The predicted molar refractivity (Wildman–Crippen MR) is 72.6 cm³/mol. The molecule has 0 saturated carbocycles. The van der Waals surface area contributed by atoms with Crippen LogP contribution in [-0.2, 0) is 11.3 Å². The first-order valence-corrected chi connectivity index (χ1v) is 6.83. The smallest absolute Gasteiger partial charge is 0.323 e. The lowest BCUT2D eigenvalue weighted by molar-refractivity contribution is -0.137. The largest absolute Gasteiger partial charge is 0.486 e. The molecular weight excluding hydrogens is 282 g/mol. The van der Waals surface area contributed by atoms with Crippen molar-refractivity contribution in [2.45, 2.75) is 6.54 Å². The second kappa shape index (κ2) is 5.01. The van der Waals surface area contributed by atoms with Crippen molar-refractivity contribution in [3.8, 4) is 22.8 Å². The Balaban J connectivity index is 2.05. The minimum Gasteiger partial charge on any atom is -0.486 e. The van der Waals surface area contributed by atoms with Gasteiger partial charge < -0.3 is 14.6 Å². The van der Waals surface area contributed by atoms with Gasteiger partial charge in [-0.05, 0) is 18.2 Å². The first-order chi connectivity index (χ1) is 9.65. The van der Waals surface area contributed by atoms with Gasteiger partial charge >= 0.3 is 10.8 Å². The molecule has 1 aliphatic heterocycles. The molecule has 0 fully saturated rings. The van der Waals surface area contributed by atoms with Crippen LogP contribution in [0.3, 0.4) is 0 Å². The third-order valence-corrected chi connectivity index (χ3v) is 3.68. The normalized spacial score (nSPS) is 13.2. The molecule has 0 aliphatic carbocycles. The molecule has 3 rings (SSSR count). The van der Waals surface area contributed by atoms with Crippen LogP contribution in [0.15, 0.2) is 28.4 Å². The van der Waals surface area contributed by atoms with Crippen molar-refractivity contribution in [2.75, 3.05) is 13.2 Å². The molecule has 0 radical (unpaired) electrons. The Kier molecular flexibility index (Phi) is 3.19. The number of benzene rings is 1. The SMILES string of the molecule is O=C(O)Cn1c(-c2ccc3c(c2)OCCO3)csc1=O. The van der Waals surface area contributed by atoms with Gasteiger partial charge in [-0.3, -0.25) is 14.2 Å². The number of thiazole rings is 1. The first-order valence-electron chi connectivity index (χ1n) is 5.95. The molecule has 2 heterocycles. The van der Waals surface area contributed by atoms with Gasteiger partial charge in [-0.1, -0.05) is 11.3 Å². The molecule has 20 heavy (non-hydrogen) atoms. The summed E-state index contributed by atoms with van der Waals surface area (Å²) in [7, 11) is 0. The zero-order chi connectivity index (χ0) is 14.1. The Morgan fingerprint density at radius 2 is 2.05 bits per heavy atom. The first kappa shape index (κ1) is 12.7. The zero-order valence-electron chi connectivity index (χ0n) is 10.4. The van der Waals surface area contributed by atoms with Crippen LogP contribution in [0, 0.1) is 0 Å². The number of carboxylic acid groups (broad SMARTS) is 1. The molecule has 0 saturated heterocycles. The monoisotopic (exact) mass is 293 g/mol. The zero-order valence-corrected chi connectivity index (χ0v) is 11.2. The fraction of sp³-hybridized carbons (Fsp3) is 0.231. The second-order valence-corrected chi connectivity index (χ2v) is 5.05. The summed E-state index contributed by atoms with van der Waals surface area (Å²) in [6.07, 6.45) is 0. The van der Waals surface area contributed by atoms with Gasteiger partial charge in [0.25, 0.3) is 0 Å². The van der Waals surface area contributed by atoms with E-state index in [1.54, 1.807) is 23.6 Å². The Labute approximate surface area is 117 Å². The van der Waals surface area contributed by atoms with Gasteiger partial charge in [-0.15, -0.1) is 0 Å². The predicted octanol–water partition coefficient (Wildman–Crippen LogP) is 1.43. The molecule has 0 unspecified atom stereocenters. The maximum Gasteiger partial charge on any atom is 0.323 e. The van der Waals surface area contributed by atoms with Crippen molar-refractivity contribution in [2.24, 2.45) is 0 Å². The van der Waals surface area contributed by atoms with Crippen molar-refractivity contribution in [1.82, 2.24) is 4.57 Å². The number of hydrogen-bond acceptors (Lipinski definition) is 5. The van der Waals surface area contributed by atoms with Gasteiger partial charge in [0.05, 0.1) is 5.69 Å². The van der Waals surface area contributed by atoms with Crippen molar-refractivity contribution in [3.63, 3.8) is 0 Å². The second-order valence-electron chi connectivity index (χ2n) is 4.23. The standard InChI is InChI=1S/C13H11NO5S/c15-12(16)6-14-9(7-20-13(14)17)8-1-2-10-11(5-8)19-4-3-18-10/h1-2,5,7H,3-4,6H2,(H,15,16). The number of aliphatic carboxylic acids is 1. The average Bonchev–Trinajstić information content (AvgIpc) is 2.79. The number of nitrogens with zero attached hydrogens (tertiary/aromatic N) is 1. The number of carboxylic acids is 1. The van der Waals surface area contributed by atoms with Crippen LogP contribution in [0.4, 0.5) is 0 Å². The van der Waals surface area contributed by atoms with Gasteiger partial charge in [0.15, 0.2) is 11.5 Å². The summed E-state index contributed by atoms with van der Waals surface area (Å²) < 4.78 is 12.2. The number of ether oxygens (including phenoxy) is 2. The molecule has 1 aromatic heterocycles. The average molecular weight is 293 g/mol. The van der Waals surface area contributed by atoms with Crippen LogP contribution < -0.4 is 14.3 Å². The fourth-order valence-electron chi connectivity index (χ4n) is 2.04. The molecule has 1 N–H and O–H groups in total. The lowest BCUT2D eigenvalue weighted by Crippen LogP contribution is -2.20. The van der Waals surface area contributed by atoms with Crippen LogP contribution in [-0.4, -0.2) is 28.9 Å². The topological polar surface area (TPSA) is 77.8 Å². The summed E-state index contributed by atoms with van der Waals surface area (Å²) in [6, 6.07) is 5.30. The summed E-state index contributed by atoms with van der Waals surface area (Å²) >= 11 is 0.977. The highest BCUT2D eigenvalue weighted by Gasteiger charge is 2.16. The molecule has 0 atom stereocenters. The van der Waals surface area contributed by atoms with Crippen molar-refractivity contribution in [3.05, 3.63) is 33.2 Å². The molecule has 104 valence electrons.